The highest BCUT2D eigenvalue weighted by Gasteiger charge is 2.17. The second-order valence-electron chi connectivity index (χ2n) is 7.25. The Balaban J connectivity index is 3.43. The van der Waals surface area contributed by atoms with Gasteiger partial charge in [-0.05, 0) is 44.9 Å². The smallest absolute Gasteiger partial charge is 0.388 e. The van der Waals surface area contributed by atoms with Gasteiger partial charge in [-0.2, -0.15) is 0 Å². The maximum Gasteiger partial charge on any atom is 0.469 e. The van der Waals surface area contributed by atoms with Crippen molar-refractivity contribution < 1.29 is 33.8 Å². The van der Waals surface area contributed by atoms with Crippen LogP contribution in [0.5, 0.6) is 0 Å². The maximum atomic E-state index is 10.5. The van der Waals surface area contributed by atoms with E-state index in [1.54, 1.807) is 0 Å². The Labute approximate surface area is 176 Å². The Kier molecular flexibility index (Phi) is 19.1. The van der Waals surface area contributed by atoms with Crippen molar-refractivity contribution in [1.29, 1.82) is 0 Å². The number of allylic oxidation sites excluding steroid dienone is 4. The van der Waals surface area contributed by atoms with Gasteiger partial charge in [-0.3, -0.25) is 4.52 Å². The standard InChI is InChI=1S/C21H41O7P/c1-2-3-4-5-6-7-8-9-10-11-12-13-14-15-16-17-21(23)27-18-20(22)19-28-29(24,25)26/h6-7,9-10,20-23H,2-5,8,11-19H2,1H3,(H2,24,25,26)/t20?,21-/m0/s1. The van der Waals surface area contributed by atoms with E-state index in [2.05, 4.69) is 35.8 Å². The monoisotopic (exact) mass is 436 g/mol. The fraction of sp³-hybridized carbons (Fsp3) is 0.810. The van der Waals surface area contributed by atoms with Crippen LogP contribution in [0.2, 0.25) is 0 Å². The number of ether oxygens (including phenoxy) is 1. The molecule has 29 heavy (non-hydrogen) atoms. The molecule has 0 fully saturated rings. The number of phosphoric acid groups is 1. The molecular weight excluding hydrogens is 395 g/mol. The number of aliphatic hydroxyl groups is 2. The second kappa shape index (κ2) is 19.4. The van der Waals surface area contributed by atoms with Gasteiger partial charge < -0.3 is 24.7 Å². The maximum absolute atomic E-state index is 10.5. The lowest BCUT2D eigenvalue weighted by molar-refractivity contribution is -0.129. The molecule has 0 amide bonds. The Morgan fingerprint density at radius 3 is 2.03 bits per heavy atom. The minimum Gasteiger partial charge on any atom is -0.388 e. The molecule has 0 saturated heterocycles. The summed E-state index contributed by atoms with van der Waals surface area (Å²) in [5.74, 6) is 0. The van der Waals surface area contributed by atoms with Crippen molar-refractivity contribution in [2.75, 3.05) is 13.2 Å². The third-order valence-corrected chi connectivity index (χ3v) is 4.80. The third kappa shape index (κ3) is 23.6. The molecule has 1 unspecified atom stereocenters. The molecule has 8 heteroatoms. The number of unbranched alkanes of at least 4 members (excludes halogenated alkanes) is 8. The van der Waals surface area contributed by atoms with Crippen LogP contribution in [-0.4, -0.2) is 45.6 Å². The number of hydrogen-bond donors (Lipinski definition) is 4. The summed E-state index contributed by atoms with van der Waals surface area (Å²) < 4.78 is 19.7. The van der Waals surface area contributed by atoms with Crippen LogP contribution >= 0.6 is 7.82 Å². The first kappa shape index (κ1) is 28.5. The van der Waals surface area contributed by atoms with Crippen molar-refractivity contribution >= 4 is 7.82 Å². The molecule has 0 aliphatic heterocycles. The highest BCUT2D eigenvalue weighted by Crippen LogP contribution is 2.35. The van der Waals surface area contributed by atoms with Crippen molar-refractivity contribution in [3.63, 3.8) is 0 Å². The van der Waals surface area contributed by atoms with E-state index in [0.29, 0.717) is 6.42 Å². The largest absolute Gasteiger partial charge is 0.469 e. The topological polar surface area (TPSA) is 116 Å². The zero-order valence-corrected chi connectivity index (χ0v) is 18.7. The first-order valence-corrected chi connectivity index (χ1v) is 12.4. The van der Waals surface area contributed by atoms with Gasteiger partial charge in [0.05, 0.1) is 13.2 Å². The number of rotatable bonds is 20. The van der Waals surface area contributed by atoms with Crippen molar-refractivity contribution in [3.05, 3.63) is 24.3 Å². The molecular formula is C21H41O7P. The van der Waals surface area contributed by atoms with Crippen molar-refractivity contribution in [2.45, 2.75) is 96.4 Å². The van der Waals surface area contributed by atoms with Gasteiger partial charge in [0.1, 0.15) is 6.10 Å². The van der Waals surface area contributed by atoms with Gasteiger partial charge in [0.25, 0.3) is 0 Å². The summed E-state index contributed by atoms with van der Waals surface area (Å²) >= 11 is 0. The Hall–Kier alpha value is -0.530. The van der Waals surface area contributed by atoms with E-state index in [1.165, 1.54) is 32.1 Å². The van der Waals surface area contributed by atoms with E-state index in [4.69, 9.17) is 14.5 Å². The molecule has 2 atom stereocenters. The van der Waals surface area contributed by atoms with Crippen LogP contribution in [0.4, 0.5) is 0 Å². The van der Waals surface area contributed by atoms with E-state index in [0.717, 1.165) is 38.5 Å². The minimum absolute atomic E-state index is 0.235. The van der Waals surface area contributed by atoms with E-state index in [9.17, 15) is 14.8 Å². The fourth-order valence-corrected chi connectivity index (χ4v) is 3.03. The minimum atomic E-state index is -4.60. The van der Waals surface area contributed by atoms with Crippen molar-refractivity contribution in [2.24, 2.45) is 0 Å². The molecule has 4 N–H and O–H groups in total. The number of aliphatic hydroxyl groups excluding tert-OH is 2. The molecule has 0 aliphatic carbocycles. The second-order valence-corrected chi connectivity index (χ2v) is 8.49. The summed E-state index contributed by atoms with van der Waals surface area (Å²) in [6.07, 6.45) is 19.7. The van der Waals surface area contributed by atoms with Crippen LogP contribution in [0.25, 0.3) is 0 Å². The predicted octanol–water partition coefficient (Wildman–Crippen LogP) is 4.61. The van der Waals surface area contributed by atoms with Gasteiger partial charge >= 0.3 is 7.82 Å². The SMILES string of the molecule is CCCCCC=CCC=CCCCCCCC[C@@H](O)OCC(O)COP(=O)(O)O. The zero-order chi connectivity index (χ0) is 21.8. The van der Waals surface area contributed by atoms with E-state index in [-0.39, 0.29) is 6.61 Å². The molecule has 0 radical (unpaired) electrons. The molecule has 0 spiro atoms. The lowest BCUT2D eigenvalue weighted by Crippen LogP contribution is -2.25. The molecule has 0 rings (SSSR count). The lowest BCUT2D eigenvalue weighted by Gasteiger charge is -2.15. The van der Waals surface area contributed by atoms with E-state index >= 15 is 0 Å². The average Bonchev–Trinajstić information content (AvgIpc) is 2.67. The zero-order valence-electron chi connectivity index (χ0n) is 17.8. The van der Waals surface area contributed by atoms with Crippen LogP contribution in [0.15, 0.2) is 24.3 Å². The van der Waals surface area contributed by atoms with E-state index in [1.807, 2.05) is 0 Å². The van der Waals surface area contributed by atoms with Crippen LogP contribution in [0.1, 0.15) is 84.0 Å². The van der Waals surface area contributed by atoms with E-state index < -0.39 is 26.8 Å². The molecule has 0 bridgehead atoms. The van der Waals surface area contributed by atoms with Gasteiger partial charge in [-0.1, -0.05) is 63.3 Å². The summed E-state index contributed by atoms with van der Waals surface area (Å²) in [7, 11) is -4.60. The average molecular weight is 437 g/mol. The molecule has 0 aromatic heterocycles. The molecule has 0 saturated carbocycles. The van der Waals surface area contributed by atoms with Gasteiger partial charge in [0, 0.05) is 0 Å². The molecule has 0 heterocycles. The highest BCUT2D eigenvalue weighted by atomic mass is 31.2. The summed E-state index contributed by atoms with van der Waals surface area (Å²) in [4.78, 5) is 17.1. The fourth-order valence-electron chi connectivity index (χ4n) is 2.67. The van der Waals surface area contributed by atoms with Crippen molar-refractivity contribution in [1.82, 2.24) is 0 Å². The molecule has 0 aromatic rings. The summed E-state index contributed by atoms with van der Waals surface area (Å²) in [5, 5.41) is 19.1. The van der Waals surface area contributed by atoms with Crippen molar-refractivity contribution in [3.8, 4) is 0 Å². The number of phosphoric ester groups is 1. The summed E-state index contributed by atoms with van der Waals surface area (Å²) in [6, 6.07) is 0. The molecule has 0 aromatic carbocycles. The van der Waals surface area contributed by atoms with Crippen LogP contribution in [0, 0.1) is 0 Å². The van der Waals surface area contributed by atoms with Gasteiger partial charge in [-0.15, -0.1) is 0 Å². The van der Waals surface area contributed by atoms with Crippen LogP contribution < -0.4 is 0 Å². The quantitative estimate of drug-likeness (QED) is 0.0953. The highest BCUT2D eigenvalue weighted by molar-refractivity contribution is 7.46. The normalized spacial score (nSPS) is 14.8. The summed E-state index contributed by atoms with van der Waals surface area (Å²) in [6.45, 7) is 1.44. The van der Waals surface area contributed by atoms with Crippen LogP contribution in [0.3, 0.4) is 0 Å². The van der Waals surface area contributed by atoms with Gasteiger partial charge in [-0.25, -0.2) is 4.57 Å². The Morgan fingerprint density at radius 2 is 1.41 bits per heavy atom. The molecule has 172 valence electrons. The van der Waals surface area contributed by atoms with Gasteiger partial charge in [0.2, 0.25) is 0 Å². The lowest BCUT2D eigenvalue weighted by atomic mass is 10.1. The molecule has 0 aliphatic rings. The first-order chi connectivity index (χ1) is 13.8. The van der Waals surface area contributed by atoms with Gasteiger partial charge in [0.15, 0.2) is 6.29 Å². The Bertz CT molecular complexity index is 462. The third-order valence-electron chi connectivity index (χ3n) is 4.32. The Morgan fingerprint density at radius 1 is 0.828 bits per heavy atom. The molecule has 7 nitrogen and oxygen atoms in total. The predicted molar refractivity (Wildman–Crippen MR) is 115 cm³/mol. The first-order valence-electron chi connectivity index (χ1n) is 10.8. The summed E-state index contributed by atoms with van der Waals surface area (Å²) in [5.41, 5.74) is 0. The van der Waals surface area contributed by atoms with Crippen LogP contribution in [-0.2, 0) is 13.8 Å². The number of hydrogen-bond acceptors (Lipinski definition) is 5.